The van der Waals surface area contributed by atoms with Crippen molar-refractivity contribution in [1.82, 2.24) is 10.6 Å². The predicted molar refractivity (Wildman–Crippen MR) is 104 cm³/mol. The molecule has 1 spiro atoms. The minimum Gasteiger partial charge on any atom is -0.496 e. The smallest absolute Gasteiger partial charge is 0.220 e. The number of nitrogens with one attached hydrogen (secondary N) is 2. The first-order chi connectivity index (χ1) is 13.1. The van der Waals surface area contributed by atoms with Gasteiger partial charge in [-0.2, -0.15) is 0 Å². The van der Waals surface area contributed by atoms with E-state index in [9.17, 15) is 9.90 Å². The molecule has 0 saturated carbocycles. The summed E-state index contributed by atoms with van der Waals surface area (Å²) in [4.78, 5) is 12.1. The number of benzene rings is 2. The summed E-state index contributed by atoms with van der Waals surface area (Å²) < 4.78 is 5.49. The third-order valence-electron chi connectivity index (χ3n) is 6.04. The van der Waals surface area contributed by atoms with Gasteiger partial charge in [0.15, 0.2) is 0 Å². The average molecular weight is 366 g/mol. The van der Waals surface area contributed by atoms with Crippen LogP contribution >= 0.6 is 0 Å². The Kier molecular flexibility index (Phi) is 4.89. The Balaban J connectivity index is 1.62. The number of para-hydroxylation sites is 1. The van der Waals surface area contributed by atoms with E-state index in [0.717, 1.165) is 16.9 Å². The molecule has 5 heteroatoms. The first-order valence-electron chi connectivity index (χ1n) is 9.53. The molecule has 2 aromatic carbocycles. The number of aliphatic hydroxyl groups is 1. The van der Waals surface area contributed by atoms with Crippen molar-refractivity contribution in [3.8, 4) is 5.75 Å². The molecule has 0 aromatic heterocycles. The second-order valence-electron chi connectivity index (χ2n) is 7.57. The molecule has 2 heterocycles. The first kappa shape index (κ1) is 18.0. The van der Waals surface area contributed by atoms with E-state index in [1.54, 1.807) is 7.11 Å². The molecule has 4 atom stereocenters. The zero-order valence-corrected chi connectivity index (χ0v) is 15.5. The van der Waals surface area contributed by atoms with E-state index in [2.05, 4.69) is 10.6 Å². The fourth-order valence-electron chi connectivity index (χ4n) is 4.64. The molecule has 0 unspecified atom stereocenters. The van der Waals surface area contributed by atoms with Crippen LogP contribution in [0.3, 0.4) is 0 Å². The van der Waals surface area contributed by atoms with Crippen molar-refractivity contribution in [2.24, 2.45) is 0 Å². The second-order valence-corrected chi connectivity index (χ2v) is 7.57. The molecule has 0 bridgehead atoms. The lowest BCUT2D eigenvalue weighted by Gasteiger charge is -2.51. The molecule has 4 rings (SSSR count). The molecule has 2 saturated heterocycles. The van der Waals surface area contributed by atoms with Crippen molar-refractivity contribution in [2.45, 2.75) is 42.9 Å². The van der Waals surface area contributed by atoms with Gasteiger partial charge in [-0.3, -0.25) is 4.79 Å². The van der Waals surface area contributed by atoms with Crippen LogP contribution in [-0.4, -0.2) is 36.3 Å². The number of piperidine rings is 2. The Morgan fingerprint density at radius 3 is 2.59 bits per heavy atom. The Morgan fingerprint density at radius 1 is 1.11 bits per heavy atom. The summed E-state index contributed by atoms with van der Waals surface area (Å²) in [6.45, 7) is 0.640. The number of carbonyl (C=O) groups excluding carboxylic acids is 1. The summed E-state index contributed by atoms with van der Waals surface area (Å²) in [6.07, 6.45) is 1.26. The van der Waals surface area contributed by atoms with Crippen LogP contribution in [0.15, 0.2) is 54.6 Å². The van der Waals surface area contributed by atoms with Gasteiger partial charge in [-0.15, -0.1) is 0 Å². The summed E-state index contributed by atoms with van der Waals surface area (Å²) in [5.74, 6) is 0.828. The number of carbonyl (C=O) groups is 1. The highest BCUT2D eigenvalue weighted by Gasteiger charge is 2.49. The third-order valence-corrected chi connectivity index (χ3v) is 6.04. The van der Waals surface area contributed by atoms with Gasteiger partial charge in [0.1, 0.15) is 5.75 Å². The maximum absolute atomic E-state index is 12.1. The fraction of sp³-hybridized carbons (Fsp3) is 0.409. The Labute approximate surface area is 159 Å². The van der Waals surface area contributed by atoms with Gasteiger partial charge in [0.2, 0.25) is 5.91 Å². The van der Waals surface area contributed by atoms with Gasteiger partial charge in [0.25, 0.3) is 0 Å². The van der Waals surface area contributed by atoms with Crippen LogP contribution in [-0.2, 0) is 4.79 Å². The van der Waals surface area contributed by atoms with Crippen LogP contribution in [0.1, 0.15) is 42.3 Å². The third kappa shape index (κ3) is 3.33. The van der Waals surface area contributed by atoms with Gasteiger partial charge in [-0.1, -0.05) is 48.5 Å². The summed E-state index contributed by atoms with van der Waals surface area (Å²) >= 11 is 0. The minimum absolute atomic E-state index is 0.0409. The van der Waals surface area contributed by atoms with E-state index in [4.69, 9.17) is 4.74 Å². The van der Waals surface area contributed by atoms with Crippen molar-refractivity contribution < 1.29 is 14.6 Å². The quantitative estimate of drug-likeness (QED) is 0.781. The molecular weight excluding hydrogens is 340 g/mol. The zero-order valence-electron chi connectivity index (χ0n) is 15.5. The molecule has 0 radical (unpaired) electrons. The molecule has 5 nitrogen and oxygen atoms in total. The summed E-state index contributed by atoms with van der Waals surface area (Å²) in [5.41, 5.74) is 1.75. The van der Waals surface area contributed by atoms with Gasteiger partial charge in [0.05, 0.1) is 19.3 Å². The van der Waals surface area contributed by atoms with Gasteiger partial charge < -0.3 is 20.5 Å². The van der Waals surface area contributed by atoms with Crippen LogP contribution in [0.2, 0.25) is 0 Å². The number of aliphatic hydroxyl groups excluding tert-OH is 1. The minimum atomic E-state index is -0.510. The summed E-state index contributed by atoms with van der Waals surface area (Å²) in [6, 6.07) is 17.7. The lowest BCUT2D eigenvalue weighted by molar-refractivity contribution is -0.126. The van der Waals surface area contributed by atoms with E-state index >= 15 is 0 Å². The number of amides is 1. The monoisotopic (exact) mass is 366 g/mol. The van der Waals surface area contributed by atoms with Crippen molar-refractivity contribution in [1.29, 1.82) is 0 Å². The Bertz CT molecular complexity index is 810. The van der Waals surface area contributed by atoms with Gasteiger partial charge in [0, 0.05) is 30.0 Å². The van der Waals surface area contributed by atoms with Crippen molar-refractivity contribution in [3.05, 3.63) is 65.7 Å². The molecular formula is C22H26N2O3. The summed E-state index contributed by atoms with van der Waals surface area (Å²) in [5, 5.41) is 17.9. The molecule has 2 fully saturated rings. The summed E-state index contributed by atoms with van der Waals surface area (Å²) in [7, 11) is 1.66. The fourth-order valence-corrected chi connectivity index (χ4v) is 4.64. The van der Waals surface area contributed by atoms with Crippen LogP contribution < -0.4 is 15.4 Å². The molecule has 2 aromatic rings. The number of rotatable bonds is 3. The average Bonchev–Trinajstić information content (AvgIpc) is 2.71. The molecule has 2 aliphatic rings. The molecule has 27 heavy (non-hydrogen) atoms. The zero-order chi connectivity index (χ0) is 18.9. The highest BCUT2D eigenvalue weighted by Crippen LogP contribution is 2.43. The number of methoxy groups -OCH3 is 1. The molecule has 0 aliphatic carbocycles. The largest absolute Gasteiger partial charge is 0.496 e. The first-order valence-corrected chi connectivity index (χ1v) is 9.53. The topological polar surface area (TPSA) is 70.6 Å². The highest BCUT2D eigenvalue weighted by atomic mass is 16.5. The van der Waals surface area contributed by atoms with E-state index in [1.165, 1.54) is 0 Å². The van der Waals surface area contributed by atoms with Crippen LogP contribution in [0.5, 0.6) is 5.75 Å². The van der Waals surface area contributed by atoms with E-state index in [0.29, 0.717) is 25.8 Å². The number of ether oxygens (including phenoxy) is 1. The van der Waals surface area contributed by atoms with Gasteiger partial charge in [-0.25, -0.2) is 0 Å². The Morgan fingerprint density at radius 2 is 1.85 bits per heavy atom. The standard InChI is InChI=1S/C22H26N2O3/c1-27-19-10-6-5-9-16(19)17-14-23-22(13-18(17)25)12-11-20(26)24-21(22)15-7-3-2-4-8-15/h2-10,17-18,21,23,25H,11-14H2,1H3,(H,24,26)/t17-,18-,21+,22-/m1/s1. The molecule has 2 aliphatic heterocycles. The van der Waals surface area contributed by atoms with Crippen molar-refractivity contribution in [3.63, 3.8) is 0 Å². The lowest BCUT2D eigenvalue weighted by Crippen LogP contribution is -2.64. The van der Waals surface area contributed by atoms with Gasteiger partial charge >= 0.3 is 0 Å². The molecule has 142 valence electrons. The van der Waals surface area contributed by atoms with E-state index < -0.39 is 6.10 Å². The van der Waals surface area contributed by atoms with Crippen LogP contribution in [0, 0.1) is 0 Å². The molecule has 1 amide bonds. The molecule has 3 N–H and O–H groups in total. The predicted octanol–water partition coefficient (Wildman–Crippen LogP) is 2.52. The van der Waals surface area contributed by atoms with Crippen molar-refractivity contribution >= 4 is 5.91 Å². The van der Waals surface area contributed by atoms with Crippen LogP contribution in [0.25, 0.3) is 0 Å². The normalized spacial score (nSPS) is 30.7. The van der Waals surface area contributed by atoms with E-state index in [-0.39, 0.29) is 23.4 Å². The maximum Gasteiger partial charge on any atom is 0.220 e. The van der Waals surface area contributed by atoms with E-state index in [1.807, 2.05) is 54.6 Å². The Hall–Kier alpha value is -2.37. The number of hydrogen-bond acceptors (Lipinski definition) is 4. The van der Waals surface area contributed by atoms with Gasteiger partial charge in [-0.05, 0) is 24.5 Å². The maximum atomic E-state index is 12.1. The lowest BCUT2D eigenvalue weighted by atomic mass is 9.70. The highest BCUT2D eigenvalue weighted by molar-refractivity contribution is 5.78. The van der Waals surface area contributed by atoms with Crippen molar-refractivity contribution in [2.75, 3.05) is 13.7 Å². The second kappa shape index (κ2) is 7.33. The van der Waals surface area contributed by atoms with Crippen LogP contribution in [0.4, 0.5) is 0 Å². The SMILES string of the molecule is COc1ccccc1[C@H]1CN[C@]2(CCC(=O)N[C@H]2c2ccccc2)C[C@H]1O. The number of hydrogen-bond donors (Lipinski definition) is 3.